The van der Waals surface area contributed by atoms with E-state index in [9.17, 15) is 4.57 Å². The van der Waals surface area contributed by atoms with Crippen LogP contribution in [-0.2, 0) is 9.09 Å². The van der Waals surface area contributed by atoms with Crippen molar-refractivity contribution in [2.24, 2.45) is 5.73 Å². The normalized spacial score (nSPS) is 17.9. The molecule has 8 heteroatoms. The highest BCUT2D eigenvalue weighted by Crippen LogP contribution is 2.36. The lowest BCUT2D eigenvalue weighted by Gasteiger charge is -2.19. The fraction of sp³-hybridized carbons (Fsp3) is 1.00. The van der Waals surface area contributed by atoms with Gasteiger partial charge in [-0.25, -0.2) is 4.57 Å². The Labute approximate surface area is 62.6 Å². The molecule has 0 rings (SSSR count). The molecule has 0 spiro atoms. The molecule has 7 nitrogen and oxygen atoms in total. The van der Waals surface area contributed by atoms with E-state index < -0.39 is 26.8 Å². The van der Waals surface area contributed by atoms with Gasteiger partial charge < -0.3 is 20.0 Å². The molecule has 1 atom stereocenters. The summed E-state index contributed by atoms with van der Waals surface area (Å²) in [6.45, 7) is -1.67. The van der Waals surface area contributed by atoms with Crippen molar-refractivity contribution in [2.45, 2.75) is 5.72 Å². The van der Waals surface area contributed by atoms with Crippen LogP contribution < -0.4 is 5.73 Å². The number of phosphoric ester groups is 1. The van der Waals surface area contributed by atoms with Gasteiger partial charge in [-0.2, -0.15) is 0 Å². The van der Waals surface area contributed by atoms with Gasteiger partial charge in [0, 0.05) is 0 Å². The summed E-state index contributed by atoms with van der Waals surface area (Å²) >= 11 is 0. The summed E-state index contributed by atoms with van der Waals surface area (Å²) in [4.78, 5) is 16.2. The van der Waals surface area contributed by atoms with Crippen LogP contribution in [0.15, 0.2) is 0 Å². The fourth-order valence-corrected chi connectivity index (χ4v) is 0.633. The third-order valence-corrected chi connectivity index (χ3v) is 1.22. The van der Waals surface area contributed by atoms with Gasteiger partial charge in [-0.05, 0) is 0 Å². The topological polar surface area (TPSA) is 133 Å². The molecule has 6 N–H and O–H groups in total. The summed E-state index contributed by atoms with van der Waals surface area (Å²) in [6.07, 6.45) is 0. The van der Waals surface area contributed by atoms with Crippen molar-refractivity contribution in [3.8, 4) is 0 Å². The van der Waals surface area contributed by atoms with Crippen molar-refractivity contribution in [1.29, 1.82) is 0 Å². The number of rotatable bonds is 4. The molecule has 0 aromatic carbocycles. The smallest absolute Gasteiger partial charge is 0.392 e. The van der Waals surface area contributed by atoms with Crippen molar-refractivity contribution in [2.75, 3.05) is 13.2 Å². The lowest BCUT2D eigenvalue weighted by atomic mass is 10.3. The van der Waals surface area contributed by atoms with Gasteiger partial charge in [0.1, 0.15) is 6.61 Å². The summed E-state index contributed by atoms with van der Waals surface area (Å²) in [5, 5.41) is 17.0. The zero-order valence-corrected chi connectivity index (χ0v) is 6.44. The predicted molar refractivity (Wildman–Crippen MR) is 34.2 cm³/mol. The molecule has 0 bridgehead atoms. The first-order chi connectivity index (χ1) is 4.77. The van der Waals surface area contributed by atoms with Crippen molar-refractivity contribution in [1.82, 2.24) is 0 Å². The lowest BCUT2D eigenvalue weighted by Crippen LogP contribution is -2.47. The second-order valence-electron chi connectivity index (χ2n) is 2.03. The molecule has 11 heavy (non-hydrogen) atoms. The van der Waals surface area contributed by atoms with Crippen LogP contribution >= 0.6 is 7.82 Å². The first-order valence-electron chi connectivity index (χ1n) is 2.59. The first-order valence-corrected chi connectivity index (χ1v) is 4.12. The highest BCUT2D eigenvalue weighted by atomic mass is 31.2. The Morgan fingerprint density at radius 2 is 2.00 bits per heavy atom. The van der Waals surface area contributed by atoms with E-state index in [4.69, 9.17) is 25.7 Å². The van der Waals surface area contributed by atoms with E-state index in [2.05, 4.69) is 4.52 Å². The zero-order valence-electron chi connectivity index (χ0n) is 5.54. The highest BCUT2D eigenvalue weighted by Gasteiger charge is 2.25. The largest absolute Gasteiger partial charge is 0.469 e. The average molecular weight is 187 g/mol. The molecule has 0 amide bonds. The predicted octanol–water partition coefficient (Wildman–Crippen LogP) is -2.26. The quantitative estimate of drug-likeness (QED) is 0.247. The molecule has 0 unspecified atom stereocenters. The Kier molecular flexibility index (Phi) is 3.59. The van der Waals surface area contributed by atoms with Gasteiger partial charge >= 0.3 is 7.82 Å². The van der Waals surface area contributed by atoms with Crippen molar-refractivity contribution in [3.05, 3.63) is 0 Å². The summed E-state index contributed by atoms with van der Waals surface area (Å²) in [5.41, 5.74) is 2.75. The van der Waals surface area contributed by atoms with Crippen LogP contribution in [0.2, 0.25) is 0 Å². The minimum Gasteiger partial charge on any atom is -0.392 e. The maximum atomic E-state index is 10.0. The maximum Gasteiger partial charge on any atom is 0.469 e. The molecule has 0 heterocycles. The minimum atomic E-state index is -4.63. The molecule has 0 aliphatic rings. The van der Waals surface area contributed by atoms with Crippen molar-refractivity contribution < 1.29 is 29.1 Å². The number of phosphoric acid groups is 1. The Morgan fingerprint density at radius 1 is 1.55 bits per heavy atom. The van der Waals surface area contributed by atoms with Gasteiger partial charge in [0.2, 0.25) is 0 Å². The van der Waals surface area contributed by atoms with Gasteiger partial charge in [-0.1, -0.05) is 0 Å². The van der Waals surface area contributed by atoms with Crippen LogP contribution in [0.1, 0.15) is 0 Å². The second-order valence-corrected chi connectivity index (χ2v) is 3.27. The van der Waals surface area contributed by atoms with Crippen LogP contribution in [0.5, 0.6) is 0 Å². The van der Waals surface area contributed by atoms with Crippen LogP contribution in [0.25, 0.3) is 0 Å². The molecular weight excluding hydrogens is 177 g/mol. The second kappa shape index (κ2) is 3.59. The molecule has 0 aromatic heterocycles. The van der Waals surface area contributed by atoms with Crippen molar-refractivity contribution in [3.63, 3.8) is 0 Å². The van der Waals surface area contributed by atoms with E-state index in [-0.39, 0.29) is 0 Å². The van der Waals surface area contributed by atoms with E-state index in [1.54, 1.807) is 0 Å². The van der Waals surface area contributed by atoms with E-state index in [1.807, 2.05) is 0 Å². The third-order valence-electron chi connectivity index (χ3n) is 0.756. The number of aliphatic hydroxyl groups excluding tert-OH is 1. The van der Waals surface area contributed by atoms with Gasteiger partial charge in [0.15, 0.2) is 5.72 Å². The Hall–Kier alpha value is -0.0100. The van der Waals surface area contributed by atoms with E-state index in [0.29, 0.717) is 0 Å². The molecule has 0 aliphatic carbocycles. The first kappa shape index (κ1) is 11.0. The standard InChI is InChI=1S/C3H10NO6P/c4-3(6,1-5)2-10-11(7,8)9/h5-6H,1-2,4H2,(H2,7,8,9)/t3-/m1/s1. The number of hydrogen-bond acceptors (Lipinski definition) is 5. The Bertz CT molecular complexity index is 163. The van der Waals surface area contributed by atoms with Gasteiger partial charge in [0.25, 0.3) is 0 Å². The van der Waals surface area contributed by atoms with Crippen molar-refractivity contribution >= 4 is 7.82 Å². The SMILES string of the molecule is N[C@@](O)(CO)COP(=O)(O)O. The summed E-state index contributed by atoms with van der Waals surface area (Å²) in [5.74, 6) is 0. The monoisotopic (exact) mass is 187 g/mol. The van der Waals surface area contributed by atoms with Gasteiger partial charge in [-0.15, -0.1) is 0 Å². The summed E-state index contributed by atoms with van der Waals surface area (Å²) in [6, 6.07) is 0. The van der Waals surface area contributed by atoms with Crippen LogP contribution in [0, 0.1) is 0 Å². The Balaban J connectivity index is 3.80. The highest BCUT2D eigenvalue weighted by molar-refractivity contribution is 7.46. The van der Waals surface area contributed by atoms with Crippen LogP contribution in [-0.4, -0.2) is 38.9 Å². The molecular formula is C3H10NO6P. The third kappa shape index (κ3) is 6.39. The van der Waals surface area contributed by atoms with E-state index in [1.165, 1.54) is 0 Å². The van der Waals surface area contributed by atoms with Gasteiger partial charge in [0.05, 0.1) is 6.61 Å². The zero-order chi connectivity index (χ0) is 9.12. The van der Waals surface area contributed by atoms with E-state index >= 15 is 0 Å². The summed E-state index contributed by atoms with van der Waals surface area (Å²) < 4.78 is 13.8. The molecule has 0 aromatic rings. The molecule has 0 saturated heterocycles. The molecule has 0 fully saturated rings. The molecule has 0 saturated carbocycles. The summed E-state index contributed by atoms with van der Waals surface area (Å²) in [7, 11) is -4.63. The number of nitrogens with two attached hydrogens (primary N) is 1. The number of aliphatic hydroxyl groups is 2. The molecule has 0 radical (unpaired) electrons. The maximum absolute atomic E-state index is 10.0. The van der Waals surface area contributed by atoms with Crippen LogP contribution in [0.3, 0.4) is 0 Å². The minimum absolute atomic E-state index is 0.826. The van der Waals surface area contributed by atoms with E-state index in [0.717, 1.165) is 0 Å². The van der Waals surface area contributed by atoms with Gasteiger partial charge in [-0.3, -0.25) is 10.3 Å². The molecule has 0 aliphatic heterocycles. The fourth-order valence-electron chi connectivity index (χ4n) is 0.242. The number of hydrogen-bond donors (Lipinski definition) is 5. The van der Waals surface area contributed by atoms with Crippen LogP contribution in [0.4, 0.5) is 0 Å². The Morgan fingerprint density at radius 3 is 2.27 bits per heavy atom. The lowest BCUT2D eigenvalue weighted by molar-refractivity contribution is -0.0484. The molecule has 68 valence electrons. The average Bonchev–Trinajstić information content (AvgIpc) is 1.83.